The van der Waals surface area contributed by atoms with E-state index in [0.717, 1.165) is 0 Å². The molecule has 0 saturated carbocycles. The molecule has 0 atom stereocenters. The summed E-state index contributed by atoms with van der Waals surface area (Å²) in [6.45, 7) is 0.199. The summed E-state index contributed by atoms with van der Waals surface area (Å²) in [7, 11) is 0. The lowest BCUT2D eigenvalue weighted by Crippen LogP contribution is -2.75. The SMILES string of the molecule is FC(F)(F)c1cc([B-](c2cc(C(F)(F)F)cc(C(F)(F)F)c2)(c2cc(C(F)(F)F)cc(C(F)(F)F)c2)c2cc(C(F)(F)F)cc(C(F)(F)F)c2)cc(C(F)(F)F)c1.O=C(C[n+]1ccsc1)c1cccc([N+](=O)[O-])c1. The standard InChI is InChI=1S/C32H12BF24.C11H9N2O3S/c34-25(35,36)13-1-14(26(37,38)39)6-21(5-13)33(22-7-15(27(40,41)42)2-16(8-22)28(43,44)45,23-9-17(29(46,47)48)3-18(10-23)30(49,50)51)24-11-19(31(52,53)54)4-20(12-24)32(55,56)57;14-11(7-12-4-5-17-8-12)9-2-1-3-10(6-9)13(15)16/h1-12H;1-6,8H,7H2/q-1;+1. The molecular weight excluding hydrogens is 1090 g/mol. The Morgan fingerprint density at radius 2 is 0.716 bits per heavy atom. The van der Waals surface area contributed by atoms with Crippen LogP contribution < -0.4 is 26.4 Å². The molecule has 5 nitrogen and oxygen atoms in total. The fraction of sp³-hybridized carbons (Fsp3) is 0.209. The highest BCUT2D eigenvalue weighted by Gasteiger charge is 2.47. The van der Waals surface area contributed by atoms with Gasteiger partial charge in [-0.25, -0.2) is 0 Å². The lowest BCUT2D eigenvalue weighted by Gasteiger charge is -2.46. The van der Waals surface area contributed by atoms with Gasteiger partial charge in [-0.1, -0.05) is 72.0 Å². The fourth-order valence-electron chi connectivity index (χ4n) is 7.47. The molecule has 1 aromatic heterocycles. The van der Waals surface area contributed by atoms with Gasteiger partial charge in [0.1, 0.15) is 6.15 Å². The number of rotatable bonds is 8. The number of ketones is 1. The molecule has 0 unspecified atom stereocenters. The predicted molar refractivity (Wildman–Crippen MR) is 212 cm³/mol. The number of benzene rings is 5. The van der Waals surface area contributed by atoms with Gasteiger partial charge in [0.25, 0.3) is 5.69 Å². The Morgan fingerprint density at radius 3 is 0.932 bits per heavy atom. The Morgan fingerprint density at radius 1 is 0.446 bits per heavy atom. The first-order chi connectivity index (χ1) is 33.4. The molecule has 0 N–H and O–H groups in total. The van der Waals surface area contributed by atoms with Crippen molar-refractivity contribution in [3.05, 3.63) is 174 Å². The van der Waals surface area contributed by atoms with Gasteiger partial charge in [0.15, 0.2) is 6.20 Å². The molecule has 0 amide bonds. The number of halogens is 24. The van der Waals surface area contributed by atoms with Gasteiger partial charge in [0.05, 0.1) is 54.8 Å². The van der Waals surface area contributed by atoms with E-state index in [1.165, 1.54) is 29.5 Å². The van der Waals surface area contributed by atoms with Crippen LogP contribution in [0, 0.1) is 10.1 Å². The second-order valence-electron chi connectivity index (χ2n) is 15.7. The number of nitro benzene ring substituents is 1. The van der Waals surface area contributed by atoms with Gasteiger partial charge in [0, 0.05) is 17.7 Å². The third kappa shape index (κ3) is 13.3. The Balaban J connectivity index is 0.000000500. The van der Waals surface area contributed by atoms with Crippen molar-refractivity contribution < 1.29 is 120 Å². The molecular formula is C43H21BF24N2O3S. The lowest BCUT2D eigenvalue weighted by molar-refractivity contribution is -0.678. The van der Waals surface area contributed by atoms with Crippen LogP contribution in [0.4, 0.5) is 111 Å². The lowest BCUT2D eigenvalue weighted by atomic mass is 9.12. The summed E-state index contributed by atoms with van der Waals surface area (Å²) < 4.78 is 343. The summed E-state index contributed by atoms with van der Waals surface area (Å²) in [4.78, 5) is 21.9. The highest BCUT2D eigenvalue weighted by atomic mass is 32.1. The molecule has 398 valence electrons. The van der Waals surface area contributed by atoms with Gasteiger partial charge >= 0.3 is 49.4 Å². The molecule has 0 spiro atoms. The number of non-ortho nitro benzene ring substituents is 1. The number of aromatic nitrogens is 1. The minimum absolute atomic E-state index is 0.0637. The van der Waals surface area contributed by atoms with E-state index in [1.807, 2.05) is 10.9 Å². The maximum absolute atomic E-state index is 14.2. The van der Waals surface area contributed by atoms with Crippen LogP contribution >= 0.6 is 11.3 Å². The second-order valence-corrected chi connectivity index (χ2v) is 16.4. The van der Waals surface area contributed by atoms with Crippen LogP contribution in [0.2, 0.25) is 0 Å². The largest absolute Gasteiger partial charge is 0.416 e. The zero-order valence-corrected chi connectivity index (χ0v) is 36.2. The van der Waals surface area contributed by atoms with Crippen LogP contribution in [0.5, 0.6) is 0 Å². The Bertz CT molecular complexity index is 2600. The van der Waals surface area contributed by atoms with Gasteiger partial charge in [-0.05, 0) is 24.3 Å². The number of Topliss-reactive ketones (excluding diaryl/α,β-unsaturated/α-hetero) is 1. The molecule has 31 heteroatoms. The van der Waals surface area contributed by atoms with Crippen molar-refractivity contribution in [3.8, 4) is 0 Å². The van der Waals surface area contributed by atoms with Gasteiger partial charge in [-0.3, -0.25) is 14.9 Å². The molecule has 0 aliphatic heterocycles. The van der Waals surface area contributed by atoms with Crippen molar-refractivity contribution in [2.45, 2.75) is 56.0 Å². The van der Waals surface area contributed by atoms with Crippen molar-refractivity contribution in [2.24, 2.45) is 0 Å². The zero-order valence-electron chi connectivity index (χ0n) is 35.4. The number of hydrogen-bond donors (Lipinski definition) is 0. The average molecular weight is 1110 g/mol. The minimum Gasteiger partial charge on any atom is -0.287 e. The third-order valence-electron chi connectivity index (χ3n) is 10.7. The highest BCUT2D eigenvalue weighted by Crippen LogP contribution is 2.41. The van der Waals surface area contributed by atoms with Crippen LogP contribution in [0.25, 0.3) is 0 Å². The number of carbonyl (C=O) groups is 1. The molecule has 0 fully saturated rings. The molecule has 0 aliphatic carbocycles. The van der Waals surface area contributed by atoms with Crippen LogP contribution in [-0.4, -0.2) is 16.9 Å². The number of hydrogen-bond acceptors (Lipinski definition) is 4. The van der Waals surface area contributed by atoms with Gasteiger partial charge in [0.2, 0.25) is 17.8 Å². The van der Waals surface area contributed by atoms with E-state index in [-0.39, 0.29) is 18.0 Å². The van der Waals surface area contributed by atoms with Gasteiger partial charge in [-0.15, -0.1) is 0 Å². The normalized spacial score (nSPS) is 13.4. The molecule has 1 heterocycles. The summed E-state index contributed by atoms with van der Waals surface area (Å²) >= 11 is 1.49. The zero-order chi connectivity index (χ0) is 56.2. The van der Waals surface area contributed by atoms with E-state index < -0.39 is 200 Å². The van der Waals surface area contributed by atoms with Crippen LogP contribution in [-0.2, 0) is 56.0 Å². The average Bonchev–Trinajstić information content (AvgIpc) is 3.77. The third-order valence-corrected chi connectivity index (χ3v) is 11.3. The first-order valence-corrected chi connectivity index (χ1v) is 20.4. The van der Waals surface area contributed by atoms with Gasteiger partial charge < -0.3 is 0 Å². The predicted octanol–water partition coefficient (Wildman–Crippen LogP) is 13.0. The fourth-order valence-corrected chi connectivity index (χ4v) is 8.07. The smallest absolute Gasteiger partial charge is 0.287 e. The topological polar surface area (TPSA) is 64.1 Å². The number of alkyl halides is 24. The van der Waals surface area contributed by atoms with E-state index >= 15 is 0 Å². The second kappa shape index (κ2) is 19.8. The number of carbonyl (C=O) groups excluding carboxylic acids is 1. The number of nitrogens with zero attached hydrogens (tertiary/aromatic N) is 2. The molecule has 74 heavy (non-hydrogen) atoms. The van der Waals surface area contributed by atoms with Crippen molar-refractivity contribution in [1.82, 2.24) is 0 Å². The van der Waals surface area contributed by atoms with Crippen LogP contribution in [0.1, 0.15) is 54.9 Å². The van der Waals surface area contributed by atoms with Crippen molar-refractivity contribution in [1.29, 1.82) is 0 Å². The molecule has 0 bridgehead atoms. The Kier molecular flexibility index (Phi) is 15.5. The summed E-state index contributed by atoms with van der Waals surface area (Å²) in [6.07, 6.45) is -53.0. The maximum Gasteiger partial charge on any atom is 0.416 e. The van der Waals surface area contributed by atoms with Crippen molar-refractivity contribution in [3.63, 3.8) is 0 Å². The maximum atomic E-state index is 14.2. The van der Waals surface area contributed by atoms with Crippen molar-refractivity contribution in [2.75, 3.05) is 0 Å². The van der Waals surface area contributed by atoms with Crippen LogP contribution in [0.3, 0.4) is 0 Å². The first kappa shape index (κ1) is 58.1. The molecule has 0 aliphatic rings. The first-order valence-electron chi connectivity index (χ1n) is 19.5. The summed E-state index contributed by atoms with van der Waals surface area (Å²) in [5.41, 5.74) is -28.1. The summed E-state index contributed by atoms with van der Waals surface area (Å²) in [5, 5.41) is 12.4. The highest BCUT2D eigenvalue weighted by molar-refractivity contribution is 7.20. The summed E-state index contributed by atoms with van der Waals surface area (Å²) in [6, 6.07) is -3.04. The quantitative estimate of drug-likeness (QED) is 0.0381. The summed E-state index contributed by atoms with van der Waals surface area (Å²) in [5.74, 6) is -0.142. The van der Waals surface area contributed by atoms with E-state index in [4.69, 9.17) is 0 Å². The van der Waals surface area contributed by atoms with E-state index in [0.29, 0.717) is 5.56 Å². The Hall–Kier alpha value is -6.82. The number of nitro groups is 1. The van der Waals surface area contributed by atoms with E-state index in [9.17, 15) is 120 Å². The minimum atomic E-state index is -6.13. The van der Waals surface area contributed by atoms with Crippen molar-refractivity contribution >= 4 is 50.8 Å². The van der Waals surface area contributed by atoms with Gasteiger partial charge in [-0.2, -0.15) is 132 Å². The van der Waals surface area contributed by atoms with E-state index in [1.54, 1.807) is 16.8 Å². The molecule has 6 aromatic rings. The molecule has 0 radical (unpaired) electrons. The molecule has 6 rings (SSSR count). The number of thiazole rings is 1. The monoisotopic (exact) mass is 1110 g/mol. The molecule has 0 saturated heterocycles. The Labute approximate surface area is 400 Å². The molecule has 5 aromatic carbocycles. The van der Waals surface area contributed by atoms with E-state index in [2.05, 4.69) is 0 Å². The van der Waals surface area contributed by atoms with Crippen LogP contribution in [0.15, 0.2) is 114 Å².